The monoisotopic (exact) mass is 477 g/mol. The number of nitrogens with zero attached hydrogens (tertiary/aromatic N) is 4. The molecular formula is C20H20ClN5O3S2. The molecule has 4 rings (SSSR count). The van der Waals surface area contributed by atoms with Crippen molar-refractivity contribution in [3.8, 4) is 5.75 Å². The topological polar surface area (TPSA) is 90.5 Å². The zero-order valence-corrected chi connectivity index (χ0v) is 19.5. The molecular weight excluding hydrogens is 458 g/mol. The Kier molecular flexibility index (Phi) is 6.22. The molecule has 0 saturated heterocycles. The molecule has 1 aromatic carbocycles. The van der Waals surface area contributed by atoms with Gasteiger partial charge in [-0.15, -0.1) is 21.5 Å². The summed E-state index contributed by atoms with van der Waals surface area (Å²) in [6.45, 7) is 4.63. The number of thioether (sulfide) groups is 1. The average Bonchev–Trinajstić information content (AvgIpc) is 3.36. The number of hydrogen-bond acceptors (Lipinski definition) is 7. The second-order valence-electron chi connectivity index (χ2n) is 7.25. The molecule has 0 aliphatic heterocycles. The van der Waals surface area contributed by atoms with Gasteiger partial charge < -0.3 is 10.1 Å². The van der Waals surface area contributed by atoms with Crippen LogP contribution in [0, 0.1) is 5.92 Å². The smallest absolute Gasteiger partial charge is 0.272 e. The minimum atomic E-state index is -0.208. The Bertz CT molecular complexity index is 1330. The van der Waals surface area contributed by atoms with Crippen LogP contribution in [0.15, 0.2) is 39.6 Å². The van der Waals surface area contributed by atoms with E-state index in [2.05, 4.69) is 15.5 Å². The first-order chi connectivity index (χ1) is 14.9. The summed E-state index contributed by atoms with van der Waals surface area (Å²) < 4.78 is 9.27. The number of nitrogens with one attached hydrogen (secondary N) is 1. The lowest BCUT2D eigenvalue weighted by Gasteiger charge is -2.11. The van der Waals surface area contributed by atoms with Gasteiger partial charge in [-0.05, 0) is 35.6 Å². The third kappa shape index (κ3) is 4.28. The number of halogens is 1. The van der Waals surface area contributed by atoms with E-state index < -0.39 is 0 Å². The summed E-state index contributed by atoms with van der Waals surface area (Å²) in [7, 11) is 1.53. The summed E-state index contributed by atoms with van der Waals surface area (Å²) >= 11 is 8.76. The summed E-state index contributed by atoms with van der Waals surface area (Å²) in [6, 6.07) is 6.92. The van der Waals surface area contributed by atoms with Crippen molar-refractivity contribution >= 4 is 62.3 Å². The molecule has 162 valence electrons. The van der Waals surface area contributed by atoms with E-state index in [0.29, 0.717) is 38.6 Å². The van der Waals surface area contributed by atoms with E-state index >= 15 is 0 Å². The number of thiophene rings is 1. The molecule has 0 saturated carbocycles. The van der Waals surface area contributed by atoms with Crippen molar-refractivity contribution in [1.82, 2.24) is 19.2 Å². The van der Waals surface area contributed by atoms with E-state index in [1.165, 1.54) is 30.2 Å². The van der Waals surface area contributed by atoms with Crippen molar-refractivity contribution in [3.05, 3.63) is 45.0 Å². The molecule has 0 fully saturated rings. The summed E-state index contributed by atoms with van der Waals surface area (Å²) in [5.74, 6) is 1.21. The quantitative estimate of drug-likeness (QED) is 0.402. The Morgan fingerprint density at radius 3 is 2.84 bits per heavy atom. The van der Waals surface area contributed by atoms with Gasteiger partial charge in [0.05, 0.1) is 23.4 Å². The van der Waals surface area contributed by atoms with Crippen LogP contribution in [-0.4, -0.2) is 37.9 Å². The van der Waals surface area contributed by atoms with Crippen LogP contribution in [-0.2, 0) is 11.3 Å². The average molecular weight is 478 g/mol. The van der Waals surface area contributed by atoms with Crippen molar-refractivity contribution in [2.45, 2.75) is 25.5 Å². The summed E-state index contributed by atoms with van der Waals surface area (Å²) in [5, 5.41) is 14.2. The number of carbonyl (C=O) groups is 1. The van der Waals surface area contributed by atoms with E-state index in [9.17, 15) is 9.59 Å². The maximum absolute atomic E-state index is 12.9. The summed E-state index contributed by atoms with van der Waals surface area (Å²) in [4.78, 5) is 25.4. The molecule has 0 unspecified atom stereocenters. The van der Waals surface area contributed by atoms with Crippen LogP contribution in [0.25, 0.3) is 16.0 Å². The van der Waals surface area contributed by atoms with Crippen LogP contribution >= 0.6 is 34.7 Å². The molecule has 0 aliphatic rings. The lowest BCUT2D eigenvalue weighted by atomic mass is 10.2. The van der Waals surface area contributed by atoms with Crippen molar-refractivity contribution in [2.75, 3.05) is 18.2 Å². The first-order valence-corrected chi connectivity index (χ1v) is 11.7. The number of ether oxygens (including phenoxy) is 1. The van der Waals surface area contributed by atoms with Gasteiger partial charge in [-0.25, -0.2) is 0 Å². The molecule has 1 N–H and O–H groups in total. The van der Waals surface area contributed by atoms with Crippen molar-refractivity contribution in [3.63, 3.8) is 0 Å². The second kappa shape index (κ2) is 8.89. The van der Waals surface area contributed by atoms with Gasteiger partial charge in [0.25, 0.3) is 5.56 Å². The molecule has 3 heterocycles. The Hall–Kier alpha value is -2.56. The highest BCUT2D eigenvalue weighted by molar-refractivity contribution is 7.99. The molecule has 3 aromatic heterocycles. The number of carbonyl (C=O) groups excluding carboxylic acids is 1. The molecule has 0 aliphatic carbocycles. The number of fused-ring (bicyclic) bond motifs is 3. The zero-order valence-electron chi connectivity index (χ0n) is 17.1. The Morgan fingerprint density at radius 2 is 2.13 bits per heavy atom. The van der Waals surface area contributed by atoms with Gasteiger partial charge in [-0.1, -0.05) is 37.2 Å². The predicted octanol–water partition coefficient (Wildman–Crippen LogP) is 4.15. The molecule has 0 atom stereocenters. The number of methoxy groups -OCH3 is 1. The lowest BCUT2D eigenvalue weighted by Crippen LogP contribution is -2.24. The fraction of sp³-hybridized carbons (Fsp3) is 0.300. The fourth-order valence-corrected chi connectivity index (χ4v) is 5.02. The van der Waals surface area contributed by atoms with E-state index in [-0.39, 0.29) is 23.1 Å². The first-order valence-electron chi connectivity index (χ1n) is 9.50. The van der Waals surface area contributed by atoms with Gasteiger partial charge in [0.15, 0.2) is 5.16 Å². The standard InChI is InChI=1S/C20H20ClN5O3S2/c1-11(2)9-25-18(28)17-14(6-7-30-17)26-19(25)23-24-20(26)31-10-16(27)22-12-4-5-15(29-3)13(21)8-12/h4-8,11H,9-10H2,1-3H3,(H,22,27). The second-order valence-corrected chi connectivity index (χ2v) is 9.51. The molecule has 0 spiro atoms. The molecule has 0 bridgehead atoms. The van der Waals surface area contributed by atoms with Gasteiger partial charge in [-0.3, -0.25) is 18.6 Å². The third-order valence-corrected chi connectivity index (χ3v) is 6.61. The zero-order chi connectivity index (χ0) is 22.1. The Morgan fingerprint density at radius 1 is 1.32 bits per heavy atom. The SMILES string of the molecule is COc1ccc(NC(=O)CSc2nnc3n(CC(C)C)c(=O)c4sccc4n23)cc1Cl. The molecule has 11 heteroatoms. The number of hydrogen-bond donors (Lipinski definition) is 1. The Labute approximate surface area is 191 Å². The molecule has 8 nitrogen and oxygen atoms in total. The largest absolute Gasteiger partial charge is 0.495 e. The van der Waals surface area contributed by atoms with E-state index in [1.807, 2.05) is 29.7 Å². The Balaban J connectivity index is 1.59. The predicted molar refractivity (Wildman–Crippen MR) is 125 cm³/mol. The maximum atomic E-state index is 12.9. The number of aromatic nitrogens is 4. The third-order valence-electron chi connectivity index (χ3n) is 4.50. The van der Waals surface area contributed by atoms with E-state index in [4.69, 9.17) is 16.3 Å². The fourth-order valence-electron chi connectivity index (χ4n) is 3.19. The lowest BCUT2D eigenvalue weighted by molar-refractivity contribution is -0.113. The molecule has 0 radical (unpaired) electrons. The van der Waals surface area contributed by atoms with E-state index in [1.54, 1.807) is 22.8 Å². The van der Waals surface area contributed by atoms with Crippen LogP contribution in [0.2, 0.25) is 5.02 Å². The van der Waals surface area contributed by atoms with Gasteiger partial charge >= 0.3 is 0 Å². The van der Waals surface area contributed by atoms with Crippen molar-refractivity contribution in [2.24, 2.45) is 5.92 Å². The molecule has 1 amide bonds. The van der Waals surface area contributed by atoms with Crippen LogP contribution in [0.3, 0.4) is 0 Å². The van der Waals surface area contributed by atoms with Crippen LogP contribution in [0.4, 0.5) is 5.69 Å². The van der Waals surface area contributed by atoms with Gasteiger partial charge in [0, 0.05) is 12.2 Å². The summed E-state index contributed by atoms with van der Waals surface area (Å²) in [6.07, 6.45) is 0. The van der Waals surface area contributed by atoms with Crippen molar-refractivity contribution < 1.29 is 9.53 Å². The summed E-state index contributed by atoms with van der Waals surface area (Å²) in [5.41, 5.74) is 1.26. The van der Waals surface area contributed by atoms with Gasteiger partial charge in [-0.2, -0.15) is 0 Å². The number of anilines is 1. The molecule has 31 heavy (non-hydrogen) atoms. The number of amides is 1. The van der Waals surface area contributed by atoms with Gasteiger partial charge in [0.1, 0.15) is 10.4 Å². The normalized spacial score (nSPS) is 11.5. The minimum Gasteiger partial charge on any atom is -0.495 e. The first kappa shape index (κ1) is 21.7. The molecule has 4 aromatic rings. The highest BCUT2D eigenvalue weighted by atomic mass is 35.5. The highest BCUT2D eigenvalue weighted by Crippen LogP contribution is 2.28. The van der Waals surface area contributed by atoms with Crippen LogP contribution < -0.4 is 15.6 Å². The van der Waals surface area contributed by atoms with Crippen LogP contribution in [0.1, 0.15) is 13.8 Å². The highest BCUT2D eigenvalue weighted by Gasteiger charge is 2.19. The number of rotatable bonds is 7. The minimum absolute atomic E-state index is 0.0655. The van der Waals surface area contributed by atoms with Crippen LogP contribution in [0.5, 0.6) is 5.75 Å². The van der Waals surface area contributed by atoms with E-state index in [0.717, 1.165) is 5.52 Å². The maximum Gasteiger partial charge on any atom is 0.272 e. The van der Waals surface area contributed by atoms with Crippen molar-refractivity contribution in [1.29, 1.82) is 0 Å². The van der Waals surface area contributed by atoms with Gasteiger partial charge in [0.2, 0.25) is 11.7 Å². The number of benzene rings is 1.